The van der Waals surface area contributed by atoms with Crippen molar-refractivity contribution in [2.24, 2.45) is 0 Å². The van der Waals surface area contributed by atoms with Gasteiger partial charge in [0.25, 0.3) is 0 Å². The second-order valence-electron chi connectivity index (χ2n) is 8.36. The minimum atomic E-state index is -0.273. The molecule has 174 valence electrons. The molecule has 0 aliphatic heterocycles. The van der Waals surface area contributed by atoms with Gasteiger partial charge >= 0.3 is 6.03 Å². The molecule has 3 aromatic carbocycles. The van der Waals surface area contributed by atoms with E-state index in [4.69, 9.17) is 0 Å². The van der Waals surface area contributed by atoms with Crippen LogP contribution in [0.4, 0.5) is 10.5 Å². The van der Waals surface area contributed by atoms with E-state index in [1.807, 2.05) is 42.7 Å². The van der Waals surface area contributed by atoms with E-state index in [0.29, 0.717) is 5.82 Å². The van der Waals surface area contributed by atoms with E-state index < -0.39 is 0 Å². The third-order valence-electron chi connectivity index (χ3n) is 5.74. The summed E-state index contributed by atoms with van der Waals surface area (Å²) >= 11 is 1.64. The van der Waals surface area contributed by atoms with Gasteiger partial charge in [0.1, 0.15) is 0 Å². The first-order valence-electron chi connectivity index (χ1n) is 11.2. The average Bonchev–Trinajstić information content (AvgIpc) is 3.23. The molecule has 0 fully saturated rings. The van der Waals surface area contributed by atoms with Gasteiger partial charge in [-0.15, -0.1) is 10.2 Å². The largest absolute Gasteiger partial charge is 0.331 e. The van der Waals surface area contributed by atoms with Crippen LogP contribution in [0.2, 0.25) is 0 Å². The molecule has 4 aromatic rings. The number of rotatable bonds is 7. The fourth-order valence-corrected chi connectivity index (χ4v) is 4.75. The Labute approximate surface area is 204 Å². The third kappa shape index (κ3) is 5.48. The van der Waals surface area contributed by atoms with Crippen LogP contribution >= 0.6 is 11.8 Å². The Morgan fingerprint density at radius 1 is 0.853 bits per heavy atom. The van der Waals surface area contributed by atoms with Crippen LogP contribution in [0, 0.1) is 27.7 Å². The Morgan fingerprint density at radius 2 is 1.53 bits per heavy atom. The van der Waals surface area contributed by atoms with Crippen LogP contribution in [0.5, 0.6) is 0 Å². The van der Waals surface area contributed by atoms with Crippen molar-refractivity contribution in [2.75, 3.05) is 5.32 Å². The standard InChI is InChI=1S/C27H29N5OS/c1-18-12-14-23(15-13-18)32-24(16-28-26(33)29-25-20(3)9-7-10-21(25)4)30-31-27(32)34-17-22-11-6-5-8-19(22)2/h5-15H,16-17H2,1-4H3,(H2,28,29,33). The molecule has 4 rings (SSSR count). The number of anilines is 1. The number of aromatic nitrogens is 3. The van der Waals surface area contributed by atoms with Crippen LogP contribution in [0.25, 0.3) is 5.69 Å². The van der Waals surface area contributed by atoms with Crippen molar-refractivity contribution < 1.29 is 4.79 Å². The lowest BCUT2D eigenvalue weighted by molar-refractivity contribution is 0.251. The Morgan fingerprint density at radius 3 is 2.24 bits per heavy atom. The number of nitrogens with one attached hydrogen (secondary N) is 2. The molecule has 2 amide bonds. The molecule has 0 aliphatic carbocycles. The Kier molecular flexibility index (Phi) is 7.33. The van der Waals surface area contributed by atoms with Crippen molar-refractivity contribution in [3.05, 3.63) is 100 Å². The summed E-state index contributed by atoms with van der Waals surface area (Å²) in [5, 5.41) is 15.6. The number of carbonyl (C=O) groups is 1. The number of hydrogen-bond acceptors (Lipinski definition) is 4. The second-order valence-corrected chi connectivity index (χ2v) is 9.30. The molecule has 0 spiro atoms. The van der Waals surface area contributed by atoms with E-state index in [2.05, 4.69) is 77.1 Å². The molecule has 34 heavy (non-hydrogen) atoms. The third-order valence-corrected chi connectivity index (χ3v) is 6.72. The van der Waals surface area contributed by atoms with Gasteiger partial charge in [0.2, 0.25) is 0 Å². The molecule has 0 atom stereocenters. The summed E-state index contributed by atoms with van der Waals surface area (Å²) in [5.41, 5.74) is 7.53. The summed E-state index contributed by atoms with van der Waals surface area (Å²) in [5.74, 6) is 1.46. The summed E-state index contributed by atoms with van der Waals surface area (Å²) in [6, 6.07) is 22.3. The fraction of sp³-hybridized carbons (Fsp3) is 0.222. The van der Waals surface area contributed by atoms with Crippen molar-refractivity contribution >= 4 is 23.5 Å². The second kappa shape index (κ2) is 10.6. The zero-order valence-corrected chi connectivity index (χ0v) is 20.7. The van der Waals surface area contributed by atoms with E-state index in [1.54, 1.807) is 11.8 Å². The molecule has 0 bridgehead atoms. The lowest BCUT2D eigenvalue weighted by atomic mass is 10.1. The maximum Gasteiger partial charge on any atom is 0.319 e. The molecule has 0 radical (unpaired) electrons. The molecule has 0 saturated carbocycles. The molecule has 1 aromatic heterocycles. The normalized spacial score (nSPS) is 10.8. The first-order valence-corrected chi connectivity index (χ1v) is 12.2. The van der Waals surface area contributed by atoms with Crippen molar-refractivity contribution in [1.82, 2.24) is 20.1 Å². The first kappa shape index (κ1) is 23.6. The zero-order valence-electron chi connectivity index (χ0n) is 19.9. The highest BCUT2D eigenvalue weighted by atomic mass is 32.2. The molecule has 7 heteroatoms. The monoisotopic (exact) mass is 471 g/mol. The van der Waals surface area contributed by atoms with Crippen molar-refractivity contribution in [1.29, 1.82) is 0 Å². The average molecular weight is 472 g/mol. The molecule has 0 aliphatic rings. The molecular formula is C27H29N5OS. The minimum absolute atomic E-state index is 0.253. The molecule has 1 heterocycles. The number of hydrogen-bond donors (Lipinski definition) is 2. The van der Waals surface area contributed by atoms with Crippen LogP contribution < -0.4 is 10.6 Å². The van der Waals surface area contributed by atoms with Crippen LogP contribution in [-0.4, -0.2) is 20.8 Å². The predicted molar refractivity (Wildman–Crippen MR) is 139 cm³/mol. The van der Waals surface area contributed by atoms with Crippen LogP contribution in [0.15, 0.2) is 71.9 Å². The van der Waals surface area contributed by atoms with E-state index in [0.717, 1.165) is 33.4 Å². The number of aryl methyl sites for hydroxylation is 4. The number of amides is 2. The highest BCUT2D eigenvalue weighted by molar-refractivity contribution is 7.98. The van der Waals surface area contributed by atoms with Gasteiger partial charge in [0, 0.05) is 17.1 Å². The Bertz CT molecular complexity index is 1280. The maximum absolute atomic E-state index is 12.7. The lowest BCUT2D eigenvalue weighted by Crippen LogP contribution is -2.30. The van der Waals surface area contributed by atoms with Gasteiger partial charge in [-0.05, 0) is 62.1 Å². The smallest absolute Gasteiger partial charge is 0.319 e. The van der Waals surface area contributed by atoms with Gasteiger partial charge < -0.3 is 10.6 Å². The quantitative estimate of drug-likeness (QED) is 0.319. The number of benzene rings is 3. The predicted octanol–water partition coefficient (Wildman–Crippen LogP) is 6.11. The van der Waals surface area contributed by atoms with Crippen LogP contribution in [0.1, 0.15) is 33.6 Å². The van der Waals surface area contributed by atoms with Gasteiger partial charge in [0.15, 0.2) is 11.0 Å². The fourth-order valence-electron chi connectivity index (χ4n) is 3.70. The summed E-state index contributed by atoms with van der Waals surface area (Å²) in [6.07, 6.45) is 0. The lowest BCUT2D eigenvalue weighted by Gasteiger charge is -2.14. The van der Waals surface area contributed by atoms with Gasteiger partial charge in [0.05, 0.1) is 6.54 Å². The van der Waals surface area contributed by atoms with E-state index in [9.17, 15) is 4.79 Å². The van der Waals surface area contributed by atoms with Gasteiger partial charge in [-0.1, -0.05) is 71.9 Å². The van der Waals surface area contributed by atoms with Crippen molar-refractivity contribution in [3.8, 4) is 5.69 Å². The number of carbonyl (C=O) groups excluding carboxylic acids is 1. The molecule has 0 saturated heterocycles. The van der Waals surface area contributed by atoms with Crippen molar-refractivity contribution in [3.63, 3.8) is 0 Å². The van der Waals surface area contributed by atoms with Gasteiger partial charge in [-0.2, -0.15) is 0 Å². The van der Waals surface area contributed by atoms with E-state index >= 15 is 0 Å². The van der Waals surface area contributed by atoms with Gasteiger partial charge in [-0.3, -0.25) is 4.57 Å². The maximum atomic E-state index is 12.7. The Balaban J connectivity index is 1.54. The number of urea groups is 1. The molecule has 2 N–H and O–H groups in total. The van der Waals surface area contributed by atoms with E-state index in [-0.39, 0.29) is 12.6 Å². The Hall–Kier alpha value is -3.58. The summed E-state index contributed by atoms with van der Waals surface area (Å²) in [7, 11) is 0. The molecular weight excluding hydrogens is 442 g/mol. The molecule has 0 unspecified atom stereocenters. The van der Waals surface area contributed by atoms with Crippen LogP contribution in [-0.2, 0) is 12.3 Å². The summed E-state index contributed by atoms with van der Waals surface area (Å²) in [4.78, 5) is 12.7. The topological polar surface area (TPSA) is 71.8 Å². The first-order chi connectivity index (χ1) is 16.4. The highest BCUT2D eigenvalue weighted by Crippen LogP contribution is 2.27. The summed E-state index contributed by atoms with van der Waals surface area (Å²) < 4.78 is 2.02. The van der Waals surface area contributed by atoms with E-state index in [1.165, 1.54) is 16.7 Å². The molecule has 6 nitrogen and oxygen atoms in total. The van der Waals surface area contributed by atoms with Crippen LogP contribution in [0.3, 0.4) is 0 Å². The van der Waals surface area contributed by atoms with Gasteiger partial charge in [-0.25, -0.2) is 4.79 Å². The minimum Gasteiger partial charge on any atom is -0.331 e. The SMILES string of the molecule is Cc1ccc(-n2c(CNC(=O)Nc3c(C)cccc3C)nnc2SCc2ccccc2C)cc1. The number of thioether (sulfide) groups is 1. The van der Waals surface area contributed by atoms with Crippen molar-refractivity contribution in [2.45, 2.75) is 45.1 Å². The zero-order chi connectivity index (χ0) is 24.1. The number of nitrogens with zero attached hydrogens (tertiary/aromatic N) is 3. The highest BCUT2D eigenvalue weighted by Gasteiger charge is 2.16. The summed E-state index contributed by atoms with van der Waals surface area (Å²) in [6.45, 7) is 8.39. The number of para-hydroxylation sites is 1.